The summed E-state index contributed by atoms with van der Waals surface area (Å²) in [4.78, 5) is 20.7. The molecule has 0 aliphatic rings. The van der Waals surface area contributed by atoms with E-state index in [1.165, 1.54) is 6.33 Å². The molecule has 0 fully saturated rings. The number of nitrogens with one attached hydrogen (secondary N) is 3. The SMILES string of the molecule is C=C/C(=C\C(C)=C(/C)C(=O)NC(C)(CC)CNCC)Nc1ccncn1. The zero-order chi connectivity index (χ0) is 19.6. The maximum Gasteiger partial charge on any atom is 0.247 e. The summed E-state index contributed by atoms with van der Waals surface area (Å²) in [5.74, 6) is 0.608. The standard InChI is InChI=1S/C20H31N5O/c1-7-17(24-18-10-11-22-14-23-18)12-15(4)16(5)19(26)25-20(6,8-2)13-21-9-3/h7,10-12,14,21H,1,8-9,13H2,2-6H3,(H,25,26)(H,22,23,24)/b16-15+,17-12+. The van der Waals surface area contributed by atoms with Crippen molar-refractivity contribution in [3.05, 3.63) is 54.2 Å². The predicted molar refractivity (Wildman–Crippen MR) is 108 cm³/mol. The quantitative estimate of drug-likeness (QED) is 0.443. The normalized spacial score (nSPS) is 14.9. The van der Waals surface area contributed by atoms with Gasteiger partial charge in [0.2, 0.25) is 5.91 Å². The number of carbonyl (C=O) groups is 1. The first kappa shape index (κ1) is 21.6. The van der Waals surface area contributed by atoms with Gasteiger partial charge in [-0.3, -0.25) is 4.79 Å². The molecule has 0 saturated carbocycles. The van der Waals surface area contributed by atoms with Gasteiger partial charge in [0.05, 0.1) is 0 Å². The number of nitrogens with zero attached hydrogens (tertiary/aromatic N) is 2. The van der Waals surface area contributed by atoms with Crippen LogP contribution in [0.4, 0.5) is 5.82 Å². The van der Waals surface area contributed by atoms with Crippen molar-refractivity contribution in [2.45, 2.75) is 46.6 Å². The molecule has 1 unspecified atom stereocenters. The minimum atomic E-state index is -0.279. The zero-order valence-corrected chi connectivity index (χ0v) is 16.5. The molecule has 0 aliphatic heterocycles. The van der Waals surface area contributed by atoms with Crippen LogP contribution in [-0.2, 0) is 4.79 Å². The highest BCUT2D eigenvalue weighted by Gasteiger charge is 2.24. The second-order valence-corrected chi connectivity index (χ2v) is 6.48. The van der Waals surface area contributed by atoms with Crippen LogP contribution >= 0.6 is 0 Å². The lowest BCUT2D eigenvalue weighted by molar-refractivity contribution is -0.119. The minimum absolute atomic E-state index is 0.0635. The molecule has 1 aromatic rings. The third-order valence-corrected chi connectivity index (χ3v) is 4.34. The summed E-state index contributed by atoms with van der Waals surface area (Å²) in [7, 11) is 0. The highest BCUT2D eigenvalue weighted by molar-refractivity contribution is 5.94. The lowest BCUT2D eigenvalue weighted by Crippen LogP contribution is -2.52. The van der Waals surface area contributed by atoms with Crippen LogP contribution in [0.2, 0.25) is 0 Å². The number of allylic oxidation sites excluding steroid dienone is 3. The van der Waals surface area contributed by atoms with Crippen molar-refractivity contribution < 1.29 is 4.79 Å². The molecule has 1 atom stereocenters. The molecule has 26 heavy (non-hydrogen) atoms. The van der Waals surface area contributed by atoms with Crippen LogP contribution in [0.15, 0.2) is 54.2 Å². The molecule has 6 heteroatoms. The van der Waals surface area contributed by atoms with Gasteiger partial charge in [-0.05, 0) is 57.5 Å². The second kappa shape index (κ2) is 10.5. The monoisotopic (exact) mass is 357 g/mol. The Morgan fingerprint density at radius 1 is 1.35 bits per heavy atom. The van der Waals surface area contributed by atoms with Crippen molar-refractivity contribution in [3.8, 4) is 0 Å². The molecular formula is C20H31N5O. The van der Waals surface area contributed by atoms with E-state index in [0.717, 1.165) is 30.8 Å². The van der Waals surface area contributed by atoms with E-state index in [1.54, 1.807) is 18.3 Å². The van der Waals surface area contributed by atoms with Crippen LogP contribution < -0.4 is 16.0 Å². The topological polar surface area (TPSA) is 78.9 Å². The van der Waals surface area contributed by atoms with Crippen LogP contribution in [0.25, 0.3) is 0 Å². The summed E-state index contributed by atoms with van der Waals surface area (Å²) in [6.45, 7) is 15.3. The number of rotatable bonds is 10. The molecule has 0 radical (unpaired) electrons. The minimum Gasteiger partial charge on any atom is -0.346 e. The van der Waals surface area contributed by atoms with Crippen molar-refractivity contribution in [2.24, 2.45) is 0 Å². The molecule has 1 amide bonds. The van der Waals surface area contributed by atoms with Gasteiger partial charge in [0.25, 0.3) is 0 Å². The fourth-order valence-electron chi connectivity index (χ4n) is 2.21. The Hall–Kier alpha value is -2.47. The number of carbonyl (C=O) groups excluding carboxylic acids is 1. The molecule has 0 bridgehead atoms. The molecule has 0 aliphatic carbocycles. The molecule has 3 N–H and O–H groups in total. The van der Waals surface area contributed by atoms with Crippen molar-refractivity contribution in [1.82, 2.24) is 20.6 Å². The Bertz CT molecular complexity index is 666. The van der Waals surface area contributed by atoms with E-state index < -0.39 is 0 Å². The maximum atomic E-state index is 12.7. The van der Waals surface area contributed by atoms with E-state index in [2.05, 4.69) is 53.3 Å². The van der Waals surface area contributed by atoms with Gasteiger partial charge in [0, 0.05) is 29.6 Å². The second-order valence-electron chi connectivity index (χ2n) is 6.48. The molecular weight excluding hydrogens is 326 g/mol. The van der Waals surface area contributed by atoms with E-state index in [0.29, 0.717) is 11.4 Å². The number of anilines is 1. The molecule has 1 aromatic heterocycles. The summed E-state index contributed by atoms with van der Waals surface area (Å²) in [5.41, 5.74) is 2.02. The van der Waals surface area contributed by atoms with Gasteiger partial charge in [-0.25, -0.2) is 9.97 Å². The molecule has 142 valence electrons. The van der Waals surface area contributed by atoms with E-state index in [1.807, 2.05) is 19.9 Å². The fraction of sp³-hybridized carbons (Fsp3) is 0.450. The first-order chi connectivity index (χ1) is 12.3. The van der Waals surface area contributed by atoms with Gasteiger partial charge < -0.3 is 16.0 Å². The summed E-state index contributed by atoms with van der Waals surface area (Å²) in [6.07, 6.45) is 7.56. The van der Waals surface area contributed by atoms with Crippen molar-refractivity contribution >= 4 is 11.7 Å². The van der Waals surface area contributed by atoms with Gasteiger partial charge in [0.1, 0.15) is 12.1 Å². The van der Waals surface area contributed by atoms with Gasteiger partial charge in [-0.1, -0.05) is 20.4 Å². The smallest absolute Gasteiger partial charge is 0.247 e. The third-order valence-electron chi connectivity index (χ3n) is 4.34. The summed E-state index contributed by atoms with van der Waals surface area (Å²) >= 11 is 0. The Balaban J connectivity index is 2.91. The Kier molecular flexibility index (Phi) is 8.72. The number of hydrogen-bond acceptors (Lipinski definition) is 5. The lowest BCUT2D eigenvalue weighted by Gasteiger charge is -2.30. The first-order valence-corrected chi connectivity index (χ1v) is 8.93. The van der Waals surface area contributed by atoms with E-state index in [9.17, 15) is 4.79 Å². The Morgan fingerprint density at radius 3 is 2.62 bits per heavy atom. The van der Waals surface area contributed by atoms with Gasteiger partial charge in [-0.15, -0.1) is 0 Å². The van der Waals surface area contributed by atoms with Gasteiger partial charge in [0.15, 0.2) is 0 Å². The van der Waals surface area contributed by atoms with E-state index in [4.69, 9.17) is 0 Å². The van der Waals surface area contributed by atoms with E-state index in [-0.39, 0.29) is 11.4 Å². The highest BCUT2D eigenvalue weighted by Crippen LogP contribution is 2.14. The van der Waals surface area contributed by atoms with Gasteiger partial charge >= 0.3 is 0 Å². The molecule has 1 rings (SSSR count). The average molecular weight is 358 g/mol. The van der Waals surface area contributed by atoms with Crippen LogP contribution in [0.1, 0.15) is 41.0 Å². The van der Waals surface area contributed by atoms with Crippen LogP contribution in [0.5, 0.6) is 0 Å². The Labute approximate surface area is 156 Å². The van der Waals surface area contributed by atoms with Crippen molar-refractivity contribution in [2.75, 3.05) is 18.4 Å². The third kappa shape index (κ3) is 6.80. The molecule has 6 nitrogen and oxygen atoms in total. The van der Waals surface area contributed by atoms with Gasteiger partial charge in [-0.2, -0.15) is 0 Å². The first-order valence-electron chi connectivity index (χ1n) is 8.93. The summed E-state index contributed by atoms with van der Waals surface area (Å²) in [5, 5.41) is 9.60. The van der Waals surface area contributed by atoms with Crippen LogP contribution in [-0.4, -0.2) is 34.5 Å². The zero-order valence-electron chi connectivity index (χ0n) is 16.5. The maximum absolute atomic E-state index is 12.7. The van der Waals surface area contributed by atoms with Crippen molar-refractivity contribution in [1.29, 1.82) is 0 Å². The number of likely N-dealkylation sites (N-methyl/N-ethyl adjacent to an activating group) is 1. The predicted octanol–water partition coefficient (Wildman–Crippen LogP) is 3.19. The number of hydrogen-bond donors (Lipinski definition) is 3. The molecule has 1 heterocycles. The number of amides is 1. The lowest BCUT2D eigenvalue weighted by atomic mass is 9.97. The highest BCUT2D eigenvalue weighted by atomic mass is 16.1. The summed E-state index contributed by atoms with van der Waals surface area (Å²) in [6, 6.07) is 1.77. The van der Waals surface area contributed by atoms with Crippen molar-refractivity contribution in [3.63, 3.8) is 0 Å². The van der Waals surface area contributed by atoms with E-state index >= 15 is 0 Å². The summed E-state index contributed by atoms with van der Waals surface area (Å²) < 4.78 is 0. The molecule has 0 saturated heterocycles. The van der Waals surface area contributed by atoms with Crippen LogP contribution in [0, 0.1) is 0 Å². The molecule has 0 spiro atoms. The Morgan fingerprint density at radius 2 is 2.08 bits per heavy atom. The fourth-order valence-corrected chi connectivity index (χ4v) is 2.21. The molecule has 0 aromatic carbocycles. The number of aromatic nitrogens is 2. The largest absolute Gasteiger partial charge is 0.346 e. The van der Waals surface area contributed by atoms with Crippen LogP contribution in [0.3, 0.4) is 0 Å². The average Bonchev–Trinajstić information content (AvgIpc) is 2.65.